The molecular weight excluding hydrogens is 364 g/mol. The number of aromatic amines is 1. The largest absolute Gasteiger partial charge is 0.398 e. The van der Waals surface area contributed by atoms with E-state index in [0.717, 1.165) is 17.5 Å². The third kappa shape index (κ3) is 5.26. The molecule has 7 nitrogen and oxygen atoms in total. The zero-order valence-corrected chi connectivity index (χ0v) is 15.9. The van der Waals surface area contributed by atoms with Gasteiger partial charge in [-0.25, -0.2) is 4.98 Å². The molecule has 146 valence electrons. The molecule has 3 rings (SSSR count). The second-order valence-electron chi connectivity index (χ2n) is 6.40. The van der Waals surface area contributed by atoms with Crippen LogP contribution in [0.25, 0.3) is 11.4 Å². The van der Waals surface area contributed by atoms with E-state index in [1.165, 1.54) is 18.5 Å². The average molecular weight is 386 g/mol. The molecule has 1 heterocycles. The van der Waals surface area contributed by atoms with E-state index in [-0.39, 0.29) is 11.6 Å². The molecule has 0 atom stereocenters. The van der Waals surface area contributed by atoms with Crippen LogP contribution in [0, 0.1) is 5.41 Å². The lowest BCUT2D eigenvalue weighted by Crippen LogP contribution is -2.23. The highest BCUT2D eigenvalue weighted by molar-refractivity contribution is 6.15. The third-order valence-electron chi connectivity index (χ3n) is 4.32. The molecule has 0 bridgehead atoms. The van der Waals surface area contributed by atoms with Crippen LogP contribution < -0.4 is 11.1 Å². The molecule has 1 aromatic heterocycles. The summed E-state index contributed by atoms with van der Waals surface area (Å²) in [6.45, 7) is 4.41. The molecule has 3 aromatic rings. The Kier molecular flexibility index (Phi) is 6.32. The number of nitrogens with one attached hydrogen (secondary N) is 3. The summed E-state index contributed by atoms with van der Waals surface area (Å²) in [4.78, 5) is 16.1. The maximum atomic E-state index is 12.0. The Morgan fingerprint density at radius 1 is 1.21 bits per heavy atom. The van der Waals surface area contributed by atoms with Crippen LogP contribution in [0.5, 0.6) is 0 Å². The van der Waals surface area contributed by atoms with Gasteiger partial charge in [-0.3, -0.25) is 15.3 Å². The number of H-pyrrole nitrogens is 1. The molecule has 0 spiro atoms. The molecule has 1 amide bonds. The van der Waals surface area contributed by atoms with Gasteiger partial charge < -0.3 is 11.1 Å². The second kappa shape index (κ2) is 9.27. The highest BCUT2D eigenvalue weighted by atomic mass is 16.1. The zero-order valence-electron chi connectivity index (χ0n) is 15.9. The van der Waals surface area contributed by atoms with Gasteiger partial charge in [-0.1, -0.05) is 36.9 Å². The number of rotatable bonds is 8. The first-order valence-electron chi connectivity index (χ1n) is 9.08. The number of aromatic nitrogens is 3. The Morgan fingerprint density at radius 3 is 2.72 bits per heavy atom. The molecular formula is C22H22N6O. The Hall–Kier alpha value is -4.00. The van der Waals surface area contributed by atoms with Crippen molar-refractivity contribution in [2.45, 2.75) is 6.42 Å². The van der Waals surface area contributed by atoms with Gasteiger partial charge >= 0.3 is 0 Å². The van der Waals surface area contributed by atoms with Crippen molar-refractivity contribution in [3.8, 4) is 11.4 Å². The number of hydrogen-bond donors (Lipinski definition) is 4. The minimum atomic E-state index is -0.238. The average Bonchev–Trinajstić information content (AvgIpc) is 3.27. The first kappa shape index (κ1) is 19.8. The smallest absolute Gasteiger partial charge is 0.244 e. The fourth-order valence-electron chi connectivity index (χ4n) is 2.73. The van der Waals surface area contributed by atoms with Crippen molar-refractivity contribution in [3.63, 3.8) is 0 Å². The van der Waals surface area contributed by atoms with E-state index in [1.807, 2.05) is 30.3 Å². The van der Waals surface area contributed by atoms with Crippen molar-refractivity contribution in [1.29, 1.82) is 5.41 Å². The molecule has 0 radical (unpaired) electrons. The number of nitrogens with two attached hydrogens (primary N) is 1. The van der Waals surface area contributed by atoms with E-state index in [2.05, 4.69) is 27.1 Å². The zero-order chi connectivity index (χ0) is 20.6. The van der Waals surface area contributed by atoms with E-state index in [9.17, 15) is 4.79 Å². The lowest BCUT2D eigenvalue weighted by Gasteiger charge is -2.09. The predicted octanol–water partition coefficient (Wildman–Crippen LogP) is 2.89. The van der Waals surface area contributed by atoms with Crippen molar-refractivity contribution in [2.24, 2.45) is 0 Å². The number of amides is 1. The number of carbonyl (C=O) groups is 1. The standard InChI is InChI=1S/C22H22N6O/c1-15(7-10-20(29)25-12-11-16-5-3-2-4-6-16)21(24)18-13-17(8-9-19(18)23)22-26-14-27-28-22/h2-10,13-14,24H,1,11-12,23H2,(H,25,29)(H,26,27,28)/b10-7+,24-21?. The highest BCUT2D eigenvalue weighted by Crippen LogP contribution is 2.23. The van der Waals surface area contributed by atoms with Crippen molar-refractivity contribution < 1.29 is 4.79 Å². The van der Waals surface area contributed by atoms with E-state index in [4.69, 9.17) is 11.1 Å². The first-order chi connectivity index (χ1) is 14.0. The Labute approximate surface area is 168 Å². The number of allylic oxidation sites excluding steroid dienone is 2. The van der Waals surface area contributed by atoms with E-state index >= 15 is 0 Å². The molecule has 0 saturated heterocycles. The molecule has 7 heteroatoms. The lowest BCUT2D eigenvalue weighted by molar-refractivity contribution is -0.116. The van der Waals surface area contributed by atoms with Gasteiger partial charge in [-0.15, -0.1) is 0 Å². The topological polar surface area (TPSA) is 121 Å². The third-order valence-corrected chi connectivity index (χ3v) is 4.32. The highest BCUT2D eigenvalue weighted by Gasteiger charge is 2.11. The maximum Gasteiger partial charge on any atom is 0.244 e. The van der Waals surface area contributed by atoms with Crippen molar-refractivity contribution in [3.05, 3.63) is 90.3 Å². The van der Waals surface area contributed by atoms with Crippen LogP contribution in [0.15, 0.2) is 79.2 Å². The first-order valence-corrected chi connectivity index (χ1v) is 9.08. The van der Waals surface area contributed by atoms with Gasteiger partial charge in [0, 0.05) is 29.4 Å². The van der Waals surface area contributed by atoms with Crippen LogP contribution in [-0.2, 0) is 11.2 Å². The summed E-state index contributed by atoms with van der Waals surface area (Å²) >= 11 is 0. The number of benzene rings is 2. The number of nitrogen functional groups attached to an aromatic ring is 1. The summed E-state index contributed by atoms with van der Waals surface area (Å²) in [5, 5.41) is 17.8. The number of carbonyl (C=O) groups excluding carboxylic acids is 1. The van der Waals surface area contributed by atoms with Crippen LogP contribution >= 0.6 is 0 Å². The van der Waals surface area contributed by atoms with Crippen LogP contribution in [0.2, 0.25) is 0 Å². The van der Waals surface area contributed by atoms with Gasteiger partial charge in [0.25, 0.3) is 0 Å². The normalized spacial score (nSPS) is 10.8. The fraction of sp³-hybridized carbons (Fsp3) is 0.0909. The SMILES string of the molecule is C=C(/C=C/C(=O)NCCc1ccccc1)C(=N)c1cc(-c2ncn[nH]2)ccc1N. The number of hydrogen-bond acceptors (Lipinski definition) is 5. The number of nitrogens with zero attached hydrogens (tertiary/aromatic N) is 2. The van der Waals surface area contributed by atoms with Crippen LogP contribution in [0.1, 0.15) is 11.1 Å². The molecule has 0 aliphatic rings. The van der Waals surface area contributed by atoms with Crippen LogP contribution in [-0.4, -0.2) is 33.3 Å². The van der Waals surface area contributed by atoms with E-state index in [0.29, 0.717) is 29.2 Å². The molecule has 2 aromatic carbocycles. The Bertz CT molecular complexity index is 1040. The molecule has 0 aliphatic heterocycles. The van der Waals surface area contributed by atoms with Gasteiger partial charge in [0.1, 0.15) is 6.33 Å². The molecule has 5 N–H and O–H groups in total. The summed E-state index contributed by atoms with van der Waals surface area (Å²) in [6, 6.07) is 15.2. The minimum Gasteiger partial charge on any atom is -0.398 e. The summed E-state index contributed by atoms with van der Waals surface area (Å²) in [5.74, 6) is 0.344. The molecule has 0 unspecified atom stereocenters. The summed E-state index contributed by atoms with van der Waals surface area (Å²) in [7, 11) is 0. The lowest BCUT2D eigenvalue weighted by atomic mass is 9.99. The predicted molar refractivity (Wildman–Crippen MR) is 114 cm³/mol. The van der Waals surface area contributed by atoms with E-state index in [1.54, 1.807) is 18.2 Å². The number of anilines is 1. The van der Waals surface area contributed by atoms with Crippen molar-refractivity contribution >= 4 is 17.3 Å². The Morgan fingerprint density at radius 2 is 2.00 bits per heavy atom. The molecule has 0 fully saturated rings. The van der Waals surface area contributed by atoms with Crippen molar-refractivity contribution in [1.82, 2.24) is 20.5 Å². The maximum absolute atomic E-state index is 12.0. The van der Waals surface area contributed by atoms with Crippen molar-refractivity contribution in [2.75, 3.05) is 12.3 Å². The summed E-state index contributed by atoms with van der Waals surface area (Å²) in [5.41, 5.74) is 9.41. The molecule has 29 heavy (non-hydrogen) atoms. The monoisotopic (exact) mass is 386 g/mol. The van der Waals surface area contributed by atoms with Crippen LogP contribution in [0.4, 0.5) is 5.69 Å². The quantitative estimate of drug-likeness (QED) is 0.206. The molecule has 0 aliphatic carbocycles. The summed E-state index contributed by atoms with van der Waals surface area (Å²) in [6.07, 6.45) is 5.05. The van der Waals surface area contributed by atoms with Gasteiger partial charge in [-0.2, -0.15) is 5.10 Å². The van der Waals surface area contributed by atoms with Gasteiger partial charge in [0.05, 0.1) is 5.71 Å². The Balaban J connectivity index is 1.59. The van der Waals surface area contributed by atoms with Gasteiger partial charge in [0.15, 0.2) is 5.82 Å². The second-order valence-corrected chi connectivity index (χ2v) is 6.40. The van der Waals surface area contributed by atoms with Crippen LogP contribution in [0.3, 0.4) is 0 Å². The van der Waals surface area contributed by atoms with E-state index < -0.39 is 0 Å². The minimum absolute atomic E-state index is 0.136. The molecule has 0 saturated carbocycles. The fourth-order valence-corrected chi connectivity index (χ4v) is 2.73. The summed E-state index contributed by atoms with van der Waals surface area (Å²) < 4.78 is 0. The van der Waals surface area contributed by atoms with Gasteiger partial charge in [0.2, 0.25) is 5.91 Å². The van der Waals surface area contributed by atoms with Gasteiger partial charge in [-0.05, 0) is 41.8 Å².